The minimum Gasteiger partial charge on any atom is -0.0654 e. The van der Waals surface area contributed by atoms with Crippen LogP contribution >= 0.6 is 0 Å². The second kappa shape index (κ2) is 6.87. The molecule has 4 aliphatic rings. The lowest BCUT2D eigenvalue weighted by molar-refractivity contribution is -0.0777. The van der Waals surface area contributed by atoms with Crippen molar-refractivity contribution in [3.05, 3.63) is 0 Å². The van der Waals surface area contributed by atoms with E-state index in [4.69, 9.17) is 0 Å². The summed E-state index contributed by atoms with van der Waals surface area (Å²) in [6.45, 7) is 12.8. The molecule has 7 unspecified atom stereocenters. The highest BCUT2D eigenvalue weighted by atomic mass is 14.7. The first kappa shape index (κ1) is 18.4. The van der Waals surface area contributed by atoms with Crippen LogP contribution in [0.1, 0.15) is 98.8 Å². The summed E-state index contributed by atoms with van der Waals surface area (Å²) in [6, 6.07) is 0. The monoisotopic (exact) mass is 344 g/mol. The van der Waals surface area contributed by atoms with Crippen LogP contribution in [0.3, 0.4) is 0 Å². The third-order valence-electron chi connectivity index (χ3n) is 10.4. The molecule has 25 heavy (non-hydrogen) atoms. The highest BCUT2D eigenvalue weighted by molar-refractivity contribution is 5.09. The Labute approximate surface area is 157 Å². The summed E-state index contributed by atoms with van der Waals surface area (Å²) in [5.41, 5.74) is 0.670. The van der Waals surface area contributed by atoms with Crippen LogP contribution in [-0.2, 0) is 0 Å². The van der Waals surface area contributed by atoms with Crippen molar-refractivity contribution in [1.82, 2.24) is 0 Å². The van der Waals surface area contributed by atoms with Gasteiger partial charge in [-0.2, -0.15) is 0 Å². The van der Waals surface area contributed by atoms with E-state index in [1.807, 2.05) is 0 Å². The first-order valence-corrected chi connectivity index (χ1v) is 12.0. The third-order valence-corrected chi connectivity index (χ3v) is 10.4. The fourth-order valence-corrected chi connectivity index (χ4v) is 9.22. The molecule has 0 aliphatic heterocycles. The maximum absolute atomic E-state index is 2.73. The molecule has 0 aromatic carbocycles. The summed E-state index contributed by atoms with van der Waals surface area (Å²) in [5, 5.41) is 0. The average Bonchev–Trinajstić information content (AvgIpc) is 2.82. The molecule has 0 heterocycles. The number of hydrogen-bond donors (Lipinski definition) is 0. The van der Waals surface area contributed by atoms with Gasteiger partial charge in [-0.3, -0.25) is 0 Å². The Bertz CT molecular complexity index is 467. The highest BCUT2D eigenvalue weighted by Crippen LogP contribution is 2.68. The Morgan fingerprint density at radius 3 is 2.32 bits per heavy atom. The van der Waals surface area contributed by atoms with Gasteiger partial charge in [-0.15, -0.1) is 0 Å². The lowest BCUT2D eigenvalue weighted by Crippen LogP contribution is -2.49. The Morgan fingerprint density at radius 2 is 1.60 bits per heavy atom. The van der Waals surface area contributed by atoms with Crippen molar-refractivity contribution in [2.45, 2.75) is 98.8 Å². The summed E-state index contributed by atoms with van der Waals surface area (Å²) in [4.78, 5) is 0. The molecule has 0 aromatic heterocycles. The zero-order chi connectivity index (χ0) is 17.8. The predicted octanol–water partition coefficient (Wildman–Crippen LogP) is 7.57. The van der Waals surface area contributed by atoms with E-state index in [-0.39, 0.29) is 0 Å². The van der Waals surface area contributed by atoms with Crippen molar-refractivity contribution < 1.29 is 0 Å². The summed E-state index contributed by atoms with van der Waals surface area (Å²) in [5.74, 6) is 9.44. The van der Waals surface area contributed by atoms with Gasteiger partial charge in [0.05, 0.1) is 0 Å². The fourth-order valence-electron chi connectivity index (χ4n) is 9.22. The predicted molar refractivity (Wildman–Crippen MR) is 108 cm³/mol. The second-order valence-corrected chi connectivity index (χ2v) is 11.1. The molecule has 0 nitrogen and oxygen atoms in total. The minimum absolute atomic E-state index is 0.670. The van der Waals surface area contributed by atoms with E-state index >= 15 is 0 Å². The van der Waals surface area contributed by atoms with Gasteiger partial charge in [-0.1, -0.05) is 53.9 Å². The smallest absolute Gasteiger partial charge is 0.0261 e. The molecule has 0 amide bonds. The summed E-state index contributed by atoms with van der Waals surface area (Å²) in [7, 11) is 0. The molecule has 144 valence electrons. The van der Waals surface area contributed by atoms with Crippen molar-refractivity contribution in [3.8, 4) is 0 Å². The highest BCUT2D eigenvalue weighted by Gasteiger charge is 2.61. The van der Waals surface area contributed by atoms with Crippen LogP contribution in [0.25, 0.3) is 0 Å². The van der Waals surface area contributed by atoms with Gasteiger partial charge in [0.1, 0.15) is 0 Å². The Morgan fingerprint density at radius 1 is 0.840 bits per heavy atom. The summed E-state index contributed by atoms with van der Waals surface area (Å²) in [6.07, 6.45) is 15.3. The third kappa shape index (κ3) is 2.75. The van der Waals surface area contributed by atoms with Crippen LogP contribution in [0, 0.1) is 58.7 Å². The number of rotatable bonds is 3. The van der Waals surface area contributed by atoms with Gasteiger partial charge in [0.2, 0.25) is 0 Å². The quantitative estimate of drug-likeness (QED) is 0.495. The first-order chi connectivity index (χ1) is 12.0. The second-order valence-electron chi connectivity index (χ2n) is 11.1. The molecular weight excluding hydrogens is 300 g/mol. The number of hydrogen-bond acceptors (Lipinski definition) is 0. The van der Waals surface area contributed by atoms with Crippen LogP contribution in [-0.4, -0.2) is 0 Å². The summed E-state index contributed by atoms with van der Waals surface area (Å²) >= 11 is 0. The molecule has 4 rings (SSSR count). The molecule has 4 saturated carbocycles. The molecule has 10 atom stereocenters. The van der Waals surface area contributed by atoms with Crippen LogP contribution in [0.4, 0.5) is 0 Å². The van der Waals surface area contributed by atoms with Crippen molar-refractivity contribution in [2.24, 2.45) is 58.7 Å². The van der Waals surface area contributed by atoms with Crippen LogP contribution in [0.15, 0.2) is 0 Å². The van der Waals surface area contributed by atoms with Crippen LogP contribution in [0.2, 0.25) is 0 Å². The van der Waals surface area contributed by atoms with E-state index in [2.05, 4.69) is 34.6 Å². The SMILES string of the molecule is CCCC1[C@@H](C)[C@@H](C)C2C3CCC4C[C@@H](CC)CCC4C3CCC12C. The van der Waals surface area contributed by atoms with Crippen LogP contribution in [0.5, 0.6) is 0 Å². The van der Waals surface area contributed by atoms with Gasteiger partial charge in [0.15, 0.2) is 0 Å². The van der Waals surface area contributed by atoms with E-state index in [1.54, 1.807) is 44.9 Å². The van der Waals surface area contributed by atoms with E-state index < -0.39 is 0 Å². The van der Waals surface area contributed by atoms with Crippen LogP contribution < -0.4 is 0 Å². The molecule has 0 radical (unpaired) electrons. The molecule has 0 spiro atoms. The Balaban J connectivity index is 1.57. The molecule has 0 saturated heterocycles. The zero-order valence-electron chi connectivity index (χ0n) is 17.8. The lowest BCUT2D eigenvalue weighted by atomic mass is 9.48. The van der Waals surface area contributed by atoms with Crippen molar-refractivity contribution in [3.63, 3.8) is 0 Å². The lowest BCUT2D eigenvalue weighted by Gasteiger charge is -2.57. The van der Waals surface area contributed by atoms with E-state index in [0.29, 0.717) is 5.41 Å². The van der Waals surface area contributed by atoms with Gasteiger partial charge in [0, 0.05) is 0 Å². The molecule has 0 heteroatoms. The minimum atomic E-state index is 0.670. The van der Waals surface area contributed by atoms with Crippen molar-refractivity contribution in [2.75, 3.05) is 0 Å². The largest absolute Gasteiger partial charge is 0.0654 e. The van der Waals surface area contributed by atoms with E-state index in [1.165, 1.54) is 19.3 Å². The van der Waals surface area contributed by atoms with E-state index in [0.717, 1.165) is 53.3 Å². The fraction of sp³-hybridized carbons (Fsp3) is 1.00. The van der Waals surface area contributed by atoms with Gasteiger partial charge >= 0.3 is 0 Å². The van der Waals surface area contributed by atoms with Gasteiger partial charge in [0.25, 0.3) is 0 Å². The van der Waals surface area contributed by atoms with Crippen molar-refractivity contribution in [1.29, 1.82) is 0 Å². The molecular formula is C25H44. The first-order valence-electron chi connectivity index (χ1n) is 12.0. The molecule has 0 N–H and O–H groups in total. The van der Waals surface area contributed by atoms with Gasteiger partial charge < -0.3 is 0 Å². The zero-order valence-corrected chi connectivity index (χ0v) is 17.8. The van der Waals surface area contributed by atoms with Gasteiger partial charge in [-0.25, -0.2) is 0 Å². The Kier molecular flexibility index (Phi) is 5.04. The maximum atomic E-state index is 2.73. The normalized spacial score (nSPS) is 55.3. The topological polar surface area (TPSA) is 0 Å². The number of fused-ring (bicyclic) bond motifs is 5. The summed E-state index contributed by atoms with van der Waals surface area (Å²) < 4.78 is 0. The van der Waals surface area contributed by atoms with Crippen molar-refractivity contribution >= 4 is 0 Å². The standard InChI is InChI=1S/C25H44/c1-6-8-23-16(3)17(4)24-22-12-10-19-15-18(7-2)9-11-20(19)21(22)13-14-25(23,24)5/h16-24H,6-15H2,1-5H3/t16-,17+,18-,19?,20?,21?,22?,23?,24?,25?/m0/s1. The maximum Gasteiger partial charge on any atom is -0.0261 e. The van der Waals surface area contributed by atoms with E-state index in [9.17, 15) is 0 Å². The molecule has 4 aliphatic carbocycles. The average molecular weight is 345 g/mol. The molecule has 0 bridgehead atoms. The van der Waals surface area contributed by atoms with Gasteiger partial charge in [-0.05, 0) is 104 Å². The molecule has 0 aromatic rings. The Hall–Kier alpha value is 0. The molecule has 4 fully saturated rings.